The lowest BCUT2D eigenvalue weighted by Gasteiger charge is -2.22. The third-order valence-corrected chi connectivity index (χ3v) is 10.0. The highest BCUT2D eigenvalue weighted by atomic mass is 79.9. The van der Waals surface area contributed by atoms with E-state index in [1.165, 1.54) is 65.0 Å². The maximum Gasteiger partial charge on any atom is 0.119 e. The van der Waals surface area contributed by atoms with Crippen LogP contribution in [0.3, 0.4) is 0 Å². The van der Waals surface area contributed by atoms with Crippen LogP contribution in [0.25, 0.3) is 54.6 Å². The molecular weight excluding hydrogens is 531 g/mol. The summed E-state index contributed by atoms with van der Waals surface area (Å²) in [5.41, 5.74) is 6.44. The number of benzene rings is 6. The van der Waals surface area contributed by atoms with E-state index in [1.54, 1.807) is 0 Å². The fraction of sp³-hybridized carbons (Fsp3) is 0.118. The van der Waals surface area contributed by atoms with Crippen molar-refractivity contribution in [1.29, 1.82) is 0 Å². The highest BCUT2D eigenvalue weighted by Gasteiger charge is 2.40. The van der Waals surface area contributed by atoms with Gasteiger partial charge in [-0.3, -0.25) is 0 Å². The van der Waals surface area contributed by atoms with Crippen molar-refractivity contribution in [2.45, 2.75) is 28.1 Å². The summed E-state index contributed by atoms with van der Waals surface area (Å²) in [4.78, 5) is 1.37. The van der Waals surface area contributed by atoms with Crippen LogP contribution in [0.2, 0.25) is 6.82 Å². The molecular formula is C34H25BBrS. The molecule has 0 spiro atoms. The topological polar surface area (TPSA) is 0 Å². The predicted molar refractivity (Wildman–Crippen MR) is 167 cm³/mol. The molecule has 2 atom stereocenters. The largest absolute Gasteiger partial charge is 0.119 e. The van der Waals surface area contributed by atoms with Crippen LogP contribution in [0.1, 0.15) is 18.3 Å². The first-order chi connectivity index (χ1) is 18.0. The number of fused-ring (bicyclic) bond motifs is 7. The number of rotatable bonds is 3. The Morgan fingerprint density at radius 2 is 1.11 bits per heavy atom. The molecule has 0 saturated carbocycles. The van der Waals surface area contributed by atoms with Crippen molar-refractivity contribution in [3.05, 3.63) is 115 Å². The molecule has 1 aliphatic rings. The summed E-state index contributed by atoms with van der Waals surface area (Å²) in [6, 6.07) is 40.4. The van der Waals surface area contributed by atoms with Crippen LogP contribution in [0, 0.1) is 0 Å². The molecule has 3 heteroatoms. The number of alkyl halides is 1. The maximum absolute atomic E-state index is 3.96. The Morgan fingerprint density at radius 3 is 1.73 bits per heavy atom. The molecule has 2 unspecified atom stereocenters. The monoisotopic (exact) mass is 555 g/mol. The van der Waals surface area contributed by atoms with Crippen molar-refractivity contribution in [1.82, 2.24) is 0 Å². The van der Waals surface area contributed by atoms with E-state index in [2.05, 4.69) is 146 Å². The highest BCUT2D eigenvalue weighted by Crippen LogP contribution is 2.56. The molecule has 0 aromatic heterocycles. The quantitative estimate of drug-likeness (QED) is 0.119. The van der Waals surface area contributed by atoms with Crippen LogP contribution >= 0.6 is 27.7 Å². The van der Waals surface area contributed by atoms with Gasteiger partial charge in [-0.15, -0.1) is 11.8 Å². The minimum Gasteiger partial charge on any atom is -0.108 e. The molecule has 0 nitrogen and oxygen atoms in total. The van der Waals surface area contributed by atoms with Crippen molar-refractivity contribution in [2.75, 3.05) is 0 Å². The Hall–Kier alpha value is -3.01. The Labute approximate surface area is 231 Å². The van der Waals surface area contributed by atoms with Crippen LogP contribution in [0.5, 0.6) is 0 Å². The van der Waals surface area contributed by atoms with Gasteiger partial charge in [-0.05, 0) is 91.1 Å². The van der Waals surface area contributed by atoms with Crippen molar-refractivity contribution >= 4 is 67.3 Å². The molecule has 1 heterocycles. The zero-order valence-corrected chi connectivity index (χ0v) is 23.2. The summed E-state index contributed by atoms with van der Waals surface area (Å²) in [7, 11) is 2.32. The standard InChI is InChI=1S/C34H25BBrS/c1-34(36)33(35-2)31-20-24(15-17-32(31)37-34)22-9-7-8-21(18-22)23-14-16-29-27-12-4-3-10-25(27)26-11-5-6-13-28(26)30(29)19-23/h3-20,33H,1-2H3. The minimum absolute atomic E-state index is 0.0165. The fourth-order valence-electron chi connectivity index (χ4n) is 6.06. The van der Waals surface area contributed by atoms with Gasteiger partial charge >= 0.3 is 0 Å². The van der Waals surface area contributed by atoms with E-state index < -0.39 is 0 Å². The molecule has 0 fully saturated rings. The van der Waals surface area contributed by atoms with E-state index in [0.29, 0.717) is 5.82 Å². The van der Waals surface area contributed by atoms with Gasteiger partial charge in [0.2, 0.25) is 0 Å². The lowest BCUT2D eigenvalue weighted by Crippen LogP contribution is -2.20. The van der Waals surface area contributed by atoms with Gasteiger partial charge in [0.05, 0.1) is 3.66 Å². The Kier molecular flexibility index (Phi) is 5.50. The smallest absolute Gasteiger partial charge is 0.108 e. The van der Waals surface area contributed by atoms with Crippen molar-refractivity contribution in [3.8, 4) is 22.3 Å². The number of hydrogen-bond acceptors (Lipinski definition) is 1. The highest BCUT2D eigenvalue weighted by molar-refractivity contribution is 9.12. The van der Waals surface area contributed by atoms with Crippen molar-refractivity contribution in [2.24, 2.45) is 0 Å². The second-order valence-electron chi connectivity index (χ2n) is 10.1. The second-order valence-corrected chi connectivity index (χ2v) is 13.7. The van der Waals surface area contributed by atoms with Gasteiger partial charge in [-0.25, -0.2) is 0 Å². The third kappa shape index (κ3) is 3.75. The lowest BCUT2D eigenvalue weighted by atomic mass is 9.62. The second kappa shape index (κ2) is 8.79. The number of hydrogen-bond donors (Lipinski definition) is 0. The molecule has 1 radical (unpaired) electrons. The van der Waals surface area contributed by atoms with Crippen molar-refractivity contribution in [3.63, 3.8) is 0 Å². The Balaban J connectivity index is 1.36. The van der Waals surface area contributed by atoms with Gasteiger partial charge in [-0.2, -0.15) is 0 Å². The summed E-state index contributed by atoms with van der Waals surface area (Å²) in [6.07, 6.45) is 0. The Morgan fingerprint density at radius 1 is 0.595 bits per heavy atom. The van der Waals surface area contributed by atoms with Crippen LogP contribution in [0.15, 0.2) is 114 Å². The normalized spacial score (nSPS) is 18.9. The van der Waals surface area contributed by atoms with E-state index in [4.69, 9.17) is 0 Å². The van der Waals surface area contributed by atoms with E-state index in [9.17, 15) is 0 Å². The molecule has 0 bridgehead atoms. The number of thioether (sulfide) groups is 1. The summed E-state index contributed by atoms with van der Waals surface area (Å²) in [6.45, 7) is 4.44. The summed E-state index contributed by atoms with van der Waals surface area (Å²) >= 11 is 5.87. The molecule has 37 heavy (non-hydrogen) atoms. The molecule has 6 aromatic rings. The molecule has 7 rings (SSSR count). The summed E-state index contributed by atoms with van der Waals surface area (Å²) in [5.74, 6) is 0.388. The maximum atomic E-state index is 3.96. The number of halogens is 1. The predicted octanol–water partition coefficient (Wildman–Crippen LogP) is 10.5. The van der Waals surface area contributed by atoms with Gasteiger partial charge in [-0.1, -0.05) is 114 Å². The minimum atomic E-state index is 0.0165. The van der Waals surface area contributed by atoms with E-state index in [0.717, 1.165) is 0 Å². The lowest BCUT2D eigenvalue weighted by molar-refractivity contribution is 0.867. The van der Waals surface area contributed by atoms with E-state index in [1.807, 2.05) is 11.8 Å². The summed E-state index contributed by atoms with van der Waals surface area (Å²) in [5, 5.41) is 7.87. The molecule has 0 amide bonds. The molecule has 177 valence electrons. The third-order valence-electron chi connectivity index (χ3n) is 7.82. The van der Waals surface area contributed by atoms with Gasteiger partial charge in [0.15, 0.2) is 0 Å². The molecule has 1 aliphatic heterocycles. The van der Waals surface area contributed by atoms with Gasteiger partial charge in [0.25, 0.3) is 0 Å². The van der Waals surface area contributed by atoms with Crippen LogP contribution in [0.4, 0.5) is 0 Å². The van der Waals surface area contributed by atoms with Crippen LogP contribution < -0.4 is 0 Å². The molecule has 0 N–H and O–H groups in total. The average Bonchev–Trinajstić information content (AvgIpc) is 3.21. The van der Waals surface area contributed by atoms with Gasteiger partial charge in [0, 0.05) is 4.90 Å². The zero-order chi connectivity index (χ0) is 25.1. The SMILES string of the molecule is C[B]C1c2cc(-c3cccc(-c4ccc5c6ccccc6c6ccccc6c5c4)c3)ccc2SC1(C)Br. The van der Waals surface area contributed by atoms with Gasteiger partial charge < -0.3 is 0 Å². The first-order valence-electron chi connectivity index (χ1n) is 12.8. The average molecular weight is 556 g/mol. The van der Waals surface area contributed by atoms with Crippen LogP contribution in [-0.2, 0) is 0 Å². The van der Waals surface area contributed by atoms with E-state index in [-0.39, 0.29) is 3.66 Å². The van der Waals surface area contributed by atoms with Gasteiger partial charge in [0.1, 0.15) is 7.28 Å². The molecule has 0 aliphatic carbocycles. The fourth-order valence-corrected chi connectivity index (χ4v) is 8.36. The van der Waals surface area contributed by atoms with Crippen molar-refractivity contribution < 1.29 is 0 Å². The van der Waals surface area contributed by atoms with Crippen LogP contribution in [-0.4, -0.2) is 10.9 Å². The summed E-state index contributed by atoms with van der Waals surface area (Å²) < 4.78 is 0.0165. The zero-order valence-electron chi connectivity index (χ0n) is 20.8. The molecule has 0 saturated heterocycles. The molecule has 6 aromatic carbocycles. The van der Waals surface area contributed by atoms with E-state index >= 15 is 0 Å². The first kappa shape index (κ1) is 23.1. The Bertz CT molecular complexity index is 1800. The first-order valence-corrected chi connectivity index (χ1v) is 14.4.